The topological polar surface area (TPSA) is 58.0 Å². The highest BCUT2D eigenvalue weighted by Gasteiger charge is 2.17. The molecule has 0 fully saturated rings. The van der Waals surface area contributed by atoms with Crippen LogP contribution in [-0.4, -0.2) is 28.2 Å². The fourth-order valence-electron chi connectivity index (χ4n) is 2.70. The first kappa shape index (κ1) is 15.9. The number of rotatable bonds is 5. The van der Waals surface area contributed by atoms with Crippen molar-refractivity contribution in [1.82, 2.24) is 9.97 Å². The molecule has 23 heavy (non-hydrogen) atoms. The zero-order valence-corrected chi connectivity index (χ0v) is 14.5. The molecule has 0 saturated heterocycles. The molecule has 2 N–H and O–H groups in total. The summed E-state index contributed by atoms with van der Waals surface area (Å²) in [7, 11) is 0. The largest absolute Gasteiger partial charge is 0.396 e. The van der Waals surface area contributed by atoms with E-state index in [1.165, 1.54) is 21.6 Å². The number of fused-ring (bicyclic) bond motifs is 1. The highest BCUT2D eigenvalue weighted by Crippen LogP contribution is 2.40. The third-order valence-electron chi connectivity index (χ3n) is 3.81. The lowest BCUT2D eigenvalue weighted by molar-refractivity contribution is 0.292. The Balaban J connectivity index is 2.16. The van der Waals surface area contributed by atoms with Crippen LogP contribution in [0, 0.1) is 20.8 Å². The summed E-state index contributed by atoms with van der Waals surface area (Å²) >= 11 is 1.70. The fourth-order valence-corrected chi connectivity index (χ4v) is 3.79. The van der Waals surface area contributed by atoms with Crippen LogP contribution in [0.15, 0.2) is 24.3 Å². The predicted octanol–water partition coefficient (Wildman–Crippen LogP) is 4.08. The second kappa shape index (κ2) is 6.64. The maximum Gasteiger partial charge on any atom is 0.139 e. The number of aliphatic hydroxyl groups is 1. The van der Waals surface area contributed by atoms with E-state index in [2.05, 4.69) is 53.4 Å². The maximum atomic E-state index is 9.00. The molecular weight excluding hydrogens is 306 g/mol. The Kier molecular flexibility index (Phi) is 4.59. The van der Waals surface area contributed by atoms with Gasteiger partial charge in [0.25, 0.3) is 0 Å². The predicted molar refractivity (Wildman–Crippen MR) is 97.3 cm³/mol. The van der Waals surface area contributed by atoms with Crippen LogP contribution in [0.1, 0.15) is 22.7 Å². The van der Waals surface area contributed by atoms with Gasteiger partial charge in [-0.15, -0.1) is 11.3 Å². The highest BCUT2D eigenvalue weighted by molar-refractivity contribution is 7.19. The lowest BCUT2D eigenvalue weighted by atomic mass is 10.0. The van der Waals surface area contributed by atoms with Gasteiger partial charge in [-0.1, -0.05) is 29.8 Å². The first-order valence-corrected chi connectivity index (χ1v) is 8.61. The van der Waals surface area contributed by atoms with Gasteiger partial charge in [-0.25, -0.2) is 9.97 Å². The second-order valence-electron chi connectivity index (χ2n) is 5.70. The van der Waals surface area contributed by atoms with Crippen molar-refractivity contribution in [3.63, 3.8) is 0 Å². The molecule has 3 rings (SSSR count). The van der Waals surface area contributed by atoms with Gasteiger partial charge in [-0.2, -0.15) is 0 Å². The first-order valence-electron chi connectivity index (χ1n) is 7.79. The van der Waals surface area contributed by atoms with Crippen LogP contribution < -0.4 is 5.32 Å². The van der Waals surface area contributed by atoms with Crippen LogP contribution in [0.4, 0.5) is 5.82 Å². The number of thiophene rings is 1. The van der Waals surface area contributed by atoms with Gasteiger partial charge in [-0.05, 0) is 32.8 Å². The molecule has 5 heteroatoms. The van der Waals surface area contributed by atoms with E-state index in [0.717, 1.165) is 21.9 Å². The summed E-state index contributed by atoms with van der Waals surface area (Å²) in [4.78, 5) is 11.5. The molecule has 4 nitrogen and oxygen atoms in total. The minimum Gasteiger partial charge on any atom is -0.396 e. The van der Waals surface area contributed by atoms with Crippen molar-refractivity contribution >= 4 is 27.4 Å². The van der Waals surface area contributed by atoms with Gasteiger partial charge in [0.2, 0.25) is 0 Å². The summed E-state index contributed by atoms with van der Waals surface area (Å²) in [5.74, 6) is 1.63. The Labute approximate surface area is 140 Å². The molecule has 0 spiro atoms. The van der Waals surface area contributed by atoms with Crippen LogP contribution in [0.5, 0.6) is 0 Å². The molecule has 0 unspecified atom stereocenters. The quantitative estimate of drug-likeness (QED) is 0.693. The van der Waals surface area contributed by atoms with E-state index in [9.17, 15) is 0 Å². The molecule has 0 bridgehead atoms. The van der Waals surface area contributed by atoms with Gasteiger partial charge in [0, 0.05) is 23.6 Å². The molecule has 120 valence electrons. The number of nitrogens with zero attached hydrogens (tertiary/aromatic N) is 2. The van der Waals surface area contributed by atoms with E-state index in [1.54, 1.807) is 11.3 Å². The number of benzene rings is 1. The number of aliphatic hydroxyl groups excluding tert-OH is 1. The minimum absolute atomic E-state index is 0.174. The van der Waals surface area contributed by atoms with Crippen LogP contribution >= 0.6 is 11.3 Å². The van der Waals surface area contributed by atoms with Crippen LogP contribution in [0.2, 0.25) is 0 Å². The summed E-state index contributed by atoms with van der Waals surface area (Å²) in [5, 5.41) is 13.4. The molecule has 0 aliphatic rings. The van der Waals surface area contributed by atoms with Crippen molar-refractivity contribution in [3.8, 4) is 11.1 Å². The number of aromatic nitrogens is 2. The monoisotopic (exact) mass is 327 g/mol. The van der Waals surface area contributed by atoms with Crippen LogP contribution in [-0.2, 0) is 0 Å². The Bertz CT molecular complexity index is 824. The van der Waals surface area contributed by atoms with E-state index in [-0.39, 0.29) is 6.61 Å². The van der Waals surface area contributed by atoms with E-state index in [4.69, 9.17) is 5.11 Å². The van der Waals surface area contributed by atoms with E-state index >= 15 is 0 Å². The molecule has 0 saturated carbocycles. The van der Waals surface area contributed by atoms with Gasteiger partial charge in [-0.3, -0.25) is 0 Å². The number of hydrogen-bond donors (Lipinski definition) is 2. The number of aryl methyl sites for hydroxylation is 3. The molecule has 0 aliphatic heterocycles. The maximum absolute atomic E-state index is 9.00. The van der Waals surface area contributed by atoms with Crippen molar-refractivity contribution in [1.29, 1.82) is 0 Å². The lowest BCUT2D eigenvalue weighted by Gasteiger charge is -2.09. The first-order chi connectivity index (χ1) is 11.1. The molecule has 3 aromatic rings. The Morgan fingerprint density at radius 1 is 1.09 bits per heavy atom. The molecule has 0 amide bonds. The van der Waals surface area contributed by atoms with Gasteiger partial charge in [0.1, 0.15) is 16.5 Å². The third-order valence-corrected chi connectivity index (χ3v) is 4.81. The minimum atomic E-state index is 0.174. The van der Waals surface area contributed by atoms with Crippen molar-refractivity contribution in [2.75, 3.05) is 18.5 Å². The zero-order chi connectivity index (χ0) is 16.4. The molecule has 1 aromatic carbocycles. The van der Waals surface area contributed by atoms with Crippen molar-refractivity contribution < 1.29 is 5.11 Å². The number of hydrogen-bond acceptors (Lipinski definition) is 5. The van der Waals surface area contributed by atoms with E-state index in [1.807, 2.05) is 6.92 Å². The van der Waals surface area contributed by atoms with Gasteiger partial charge >= 0.3 is 0 Å². The fraction of sp³-hybridized carbons (Fsp3) is 0.333. The Morgan fingerprint density at radius 3 is 2.52 bits per heavy atom. The summed E-state index contributed by atoms with van der Waals surface area (Å²) < 4.78 is 0. The standard InChI is InChI=1S/C18H21N3OS/c1-11-5-7-14(8-6-11)15-12(2)23-18-16(15)17(19-9-4-10-22)20-13(3)21-18/h5-8,22H,4,9-10H2,1-3H3,(H,19,20,21). The molecule has 0 radical (unpaired) electrons. The Morgan fingerprint density at radius 2 is 1.83 bits per heavy atom. The third kappa shape index (κ3) is 3.21. The van der Waals surface area contributed by atoms with Crippen molar-refractivity contribution in [3.05, 3.63) is 40.5 Å². The lowest BCUT2D eigenvalue weighted by Crippen LogP contribution is -2.06. The molecular formula is C18H21N3OS. The average Bonchev–Trinajstić information content (AvgIpc) is 2.84. The van der Waals surface area contributed by atoms with E-state index < -0.39 is 0 Å². The summed E-state index contributed by atoms with van der Waals surface area (Å²) in [6.07, 6.45) is 0.702. The van der Waals surface area contributed by atoms with Crippen LogP contribution in [0.25, 0.3) is 21.3 Å². The smallest absolute Gasteiger partial charge is 0.139 e. The SMILES string of the molecule is Cc1ccc(-c2c(C)sc3nc(C)nc(NCCCO)c23)cc1. The molecule has 0 atom stereocenters. The van der Waals surface area contributed by atoms with Gasteiger partial charge in [0.15, 0.2) is 0 Å². The second-order valence-corrected chi connectivity index (χ2v) is 6.91. The van der Waals surface area contributed by atoms with Gasteiger partial charge in [0.05, 0.1) is 5.39 Å². The number of nitrogens with one attached hydrogen (secondary N) is 1. The molecule has 2 aromatic heterocycles. The highest BCUT2D eigenvalue weighted by atomic mass is 32.1. The normalized spacial score (nSPS) is 11.1. The van der Waals surface area contributed by atoms with E-state index in [0.29, 0.717) is 13.0 Å². The van der Waals surface area contributed by atoms with Crippen molar-refractivity contribution in [2.24, 2.45) is 0 Å². The summed E-state index contributed by atoms with van der Waals surface area (Å²) in [6, 6.07) is 8.57. The Hall–Kier alpha value is -1.98. The summed E-state index contributed by atoms with van der Waals surface area (Å²) in [5.41, 5.74) is 3.65. The average molecular weight is 327 g/mol. The molecule has 2 heterocycles. The molecule has 0 aliphatic carbocycles. The number of anilines is 1. The van der Waals surface area contributed by atoms with Crippen molar-refractivity contribution in [2.45, 2.75) is 27.2 Å². The van der Waals surface area contributed by atoms with Crippen LogP contribution in [0.3, 0.4) is 0 Å². The zero-order valence-electron chi connectivity index (χ0n) is 13.7. The van der Waals surface area contributed by atoms with Gasteiger partial charge < -0.3 is 10.4 Å². The summed E-state index contributed by atoms with van der Waals surface area (Å²) in [6.45, 7) is 7.01.